The first-order valence-electron chi connectivity index (χ1n) is 13.3. The van der Waals surface area contributed by atoms with Crippen molar-refractivity contribution in [3.8, 4) is 0 Å². The van der Waals surface area contributed by atoms with Crippen molar-refractivity contribution in [2.45, 2.75) is 76.4 Å². The average Bonchev–Trinajstić information content (AvgIpc) is 3.60. The highest BCUT2D eigenvalue weighted by atomic mass is 32.2. The van der Waals surface area contributed by atoms with Gasteiger partial charge in [-0.3, -0.25) is 14.9 Å². The normalized spacial score (nSPS) is 25.6. The number of hydrogen-bond acceptors (Lipinski definition) is 10. The maximum Gasteiger partial charge on any atom is 0.426 e. The lowest BCUT2D eigenvalue weighted by molar-refractivity contribution is -0.385. The van der Waals surface area contributed by atoms with E-state index in [1.807, 2.05) is 0 Å². The fourth-order valence-electron chi connectivity index (χ4n) is 5.02. The van der Waals surface area contributed by atoms with E-state index in [1.54, 1.807) is 46.4 Å². The number of amidine groups is 1. The summed E-state index contributed by atoms with van der Waals surface area (Å²) >= 11 is 0.836. The number of carbonyl (C=O) groups excluding carboxylic acids is 3. The molecule has 42 heavy (non-hydrogen) atoms. The summed E-state index contributed by atoms with van der Waals surface area (Å²) in [5.41, 5.74) is -5.12. The molecule has 4 rings (SSSR count). The van der Waals surface area contributed by atoms with Gasteiger partial charge in [0.05, 0.1) is 29.7 Å². The van der Waals surface area contributed by atoms with E-state index in [1.165, 1.54) is 6.92 Å². The number of morpholine rings is 1. The van der Waals surface area contributed by atoms with E-state index in [4.69, 9.17) is 14.2 Å². The van der Waals surface area contributed by atoms with Gasteiger partial charge in [-0.25, -0.2) is 23.4 Å². The standard InChI is InChI=1S/C27H34F2N4O8S/c1-24(2,3)40-22(35)32(23(36)41-25(4,5)6)21-30-26(7,16-12-15(33(37)38)13-17(28)19(16)29)18-14-27(18,42-21)20(34)31-8-10-39-11-9-31/h12-13,18H,8-11,14H2,1-7H3/t18-,26+,27-/m0/s1. The molecule has 0 bridgehead atoms. The van der Waals surface area contributed by atoms with E-state index in [-0.39, 0.29) is 30.6 Å². The van der Waals surface area contributed by atoms with Gasteiger partial charge in [-0.05, 0) is 54.9 Å². The molecule has 0 N–H and O–H groups in total. The molecule has 1 aliphatic carbocycles. The van der Waals surface area contributed by atoms with Crippen LogP contribution in [0.2, 0.25) is 0 Å². The number of thioether (sulfide) groups is 1. The van der Waals surface area contributed by atoms with E-state index in [9.17, 15) is 28.9 Å². The number of nitro groups is 1. The van der Waals surface area contributed by atoms with Crippen molar-refractivity contribution in [2.75, 3.05) is 26.3 Å². The summed E-state index contributed by atoms with van der Waals surface area (Å²) < 4.78 is 45.1. The van der Waals surface area contributed by atoms with Gasteiger partial charge in [0.2, 0.25) is 5.91 Å². The molecule has 1 aromatic carbocycles. The van der Waals surface area contributed by atoms with Gasteiger partial charge in [0.25, 0.3) is 5.69 Å². The first-order valence-corrected chi connectivity index (χ1v) is 14.2. The topological polar surface area (TPSA) is 141 Å². The molecular weight excluding hydrogens is 578 g/mol. The Hall–Kier alpha value is -3.33. The van der Waals surface area contributed by atoms with Crippen LogP contribution in [0.4, 0.5) is 24.1 Å². The first kappa shape index (κ1) is 31.6. The summed E-state index contributed by atoms with van der Waals surface area (Å²) in [6.45, 7) is 12.0. The molecule has 0 spiro atoms. The number of nitrogens with zero attached hydrogens (tertiary/aromatic N) is 4. The Morgan fingerprint density at radius 2 is 1.64 bits per heavy atom. The fraction of sp³-hybridized carbons (Fsp3) is 0.630. The van der Waals surface area contributed by atoms with Crippen LogP contribution in [-0.4, -0.2) is 80.2 Å². The summed E-state index contributed by atoms with van der Waals surface area (Å²) in [5, 5.41) is 11.2. The van der Waals surface area contributed by atoms with E-state index in [0.717, 1.165) is 17.8 Å². The molecule has 0 aromatic heterocycles. The Bertz CT molecular complexity index is 1330. The maximum absolute atomic E-state index is 15.5. The summed E-state index contributed by atoms with van der Waals surface area (Å²) in [7, 11) is 0. The van der Waals surface area contributed by atoms with Gasteiger partial charge in [0.15, 0.2) is 16.8 Å². The van der Waals surface area contributed by atoms with Crippen LogP contribution in [-0.2, 0) is 24.5 Å². The molecule has 0 radical (unpaired) electrons. The van der Waals surface area contributed by atoms with Crippen molar-refractivity contribution >= 4 is 40.7 Å². The zero-order valence-corrected chi connectivity index (χ0v) is 25.3. The molecule has 15 heteroatoms. The molecule has 1 saturated carbocycles. The van der Waals surface area contributed by atoms with Gasteiger partial charge in [-0.2, -0.15) is 4.90 Å². The van der Waals surface area contributed by atoms with Crippen molar-refractivity contribution in [2.24, 2.45) is 10.9 Å². The Morgan fingerprint density at radius 1 is 1.10 bits per heavy atom. The van der Waals surface area contributed by atoms with Gasteiger partial charge in [0, 0.05) is 30.6 Å². The number of nitro benzene ring substituents is 1. The van der Waals surface area contributed by atoms with Crippen LogP contribution >= 0.6 is 11.8 Å². The molecule has 3 atom stereocenters. The number of imide groups is 1. The quantitative estimate of drug-likeness (QED) is 0.341. The van der Waals surface area contributed by atoms with Crippen LogP contribution in [0, 0.1) is 27.7 Å². The lowest BCUT2D eigenvalue weighted by Gasteiger charge is -2.39. The Balaban J connectivity index is 1.91. The second-order valence-electron chi connectivity index (χ2n) is 12.5. The number of aliphatic imine (C=N–C) groups is 1. The predicted molar refractivity (Wildman–Crippen MR) is 148 cm³/mol. The predicted octanol–water partition coefficient (Wildman–Crippen LogP) is 4.98. The van der Waals surface area contributed by atoms with Crippen LogP contribution < -0.4 is 0 Å². The van der Waals surface area contributed by atoms with E-state index < -0.39 is 67.4 Å². The Labute approximate surface area is 245 Å². The van der Waals surface area contributed by atoms with E-state index in [0.29, 0.717) is 24.2 Å². The van der Waals surface area contributed by atoms with Crippen LogP contribution in [0.15, 0.2) is 17.1 Å². The van der Waals surface area contributed by atoms with Crippen molar-refractivity contribution in [3.05, 3.63) is 39.4 Å². The number of rotatable bonds is 3. The largest absolute Gasteiger partial charge is 0.443 e. The molecule has 3 aliphatic rings. The lowest BCUT2D eigenvalue weighted by atomic mass is 9.85. The van der Waals surface area contributed by atoms with Gasteiger partial charge in [-0.1, -0.05) is 11.8 Å². The first-order chi connectivity index (χ1) is 19.3. The number of benzene rings is 1. The molecule has 0 unspecified atom stereocenters. The third kappa shape index (κ3) is 6.07. The Morgan fingerprint density at radius 3 is 2.14 bits per heavy atom. The highest BCUT2D eigenvalue weighted by Crippen LogP contribution is 2.67. The third-order valence-electron chi connectivity index (χ3n) is 6.96. The number of ether oxygens (including phenoxy) is 3. The van der Waals surface area contributed by atoms with Crippen LogP contribution in [0.1, 0.15) is 60.5 Å². The van der Waals surface area contributed by atoms with Crippen LogP contribution in [0.5, 0.6) is 0 Å². The lowest BCUT2D eigenvalue weighted by Crippen LogP contribution is -2.53. The highest BCUT2D eigenvalue weighted by molar-refractivity contribution is 8.16. The van der Waals surface area contributed by atoms with Crippen LogP contribution in [0.25, 0.3) is 0 Å². The summed E-state index contributed by atoms with van der Waals surface area (Å²) in [5.74, 6) is -3.99. The average molecular weight is 613 g/mol. The van der Waals surface area contributed by atoms with Gasteiger partial charge in [-0.15, -0.1) is 0 Å². The molecule has 1 saturated heterocycles. The summed E-state index contributed by atoms with van der Waals surface area (Å²) in [4.78, 5) is 58.3. The number of fused-ring (bicyclic) bond motifs is 1. The second-order valence-corrected chi connectivity index (χ2v) is 13.8. The summed E-state index contributed by atoms with van der Waals surface area (Å²) in [6, 6.07) is 1.32. The van der Waals surface area contributed by atoms with Gasteiger partial charge < -0.3 is 19.1 Å². The van der Waals surface area contributed by atoms with Gasteiger partial charge in [0.1, 0.15) is 15.9 Å². The second kappa shape index (κ2) is 10.7. The Kier molecular flexibility index (Phi) is 8.08. The van der Waals surface area contributed by atoms with E-state index >= 15 is 4.39 Å². The molecular formula is C27H34F2N4O8S. The number of halogens is 2. The molecule has 2 fully saturated rings. The fourth-order valence-corrected chi connectivity index (χ4v) is 6.66. The zero-order chi connectivity index (χ0) is 31.4. The van der Waals surface area contributed by atoms with E-state index in [2.05, 4.69) is 4.99 Å². The number of carbonyl (C=O) groups is 3. The minimum Gasteiger partial charge on any atom is -0.443 e. The molecule has 3 amide bonds. The minimum absolute atomic E-state index is 0.109. The zero-order valence-electron chi connectivity index (χ0n) is 24.5. The number of amides is 3. The SMILES string of the molecule is CC(C)(C)OC(=O)N(C(=O)OC(C)(C)C)C1=N[C@](C)(c2cc([N+](=O)[O-])cc(F)c2F)[C@@H]2C[C@]2(C(=O)N2CCOCC2)S1. The van der Waals surface area contributed by atoms with Crippen molar-refractivity contribution in [1.29, 1.82) is 0 Å². The molecule has 2 heterocycles. The molecule has 230 valence electrons. The molecule has 2 aliphatic heterocycles. The smallest absolute Gasteiger partial charge is 0.426 e. The van der Waals surface area contributed by atoms with Crippen LogP contribution in [0.3, 0.4) is 0 Å². The van der Waals surface area contributed by atoms with Crippen molar-refractivity contribution < 1.29 is 42.3 Å². The van der Waals surface area contributed by atoms with Gasteiger partial charge >= 0.3 is 12.2 Å². The monoisotopic (exact) mass is 612 g/mol. The van der Waals surface area contributed by atoms with Crippen molar-refractivity contribution in [1.82, 2.24) is 9.80 Å². The number of non-ortho nitro benzene ring substituents is 1. The highest BCUT2D eigenvalue weighted by Gasteiger charge is 2.72. The maximum atomic E-state index is 15.5. The minimum atomic E-state index is -1.80. The number of hydrogen-bond donors (Lipinski definition) is 0. The van der Waals surface area contributed by atoms with Crippen molar-refractivity contribution in [3.63, 3.8) is 0 Å². The third-order valence-corrected chi connectivity index (χ3v) is 8.41. The molecule has 1 aromatic rings. The summed E-state index contributed by atoms with van der Waals surface area (Å²) in [6.07, 6.45) is -2.22. The molecule has 12 nitrogen and oxygen atoms in total.